The normalized spacial score (nSPS) is 10.1. The molecule has 0 bridgehead atoms. The number of benzene rings is 1. The summed E-state index contributed by atoms with van der Waals surface area (Å²) in [5.41, 5.74) is 0.0997. The lowest BCUT2D eigenvalue weighted by atomic mass is 10.1. The molecule has 2 N–H and O–H groups in total. The number of aldehydes is 1. The van der Waals surface area contributed by atoms with Gasteiger partial charge >= 0.3 is 11.9 Å². The number of hydrogen-bond donors (Lipinski definition) is 2. The average Bonchev–Trinajstić information content (AvgIpc) is 2.97. The molecule has 1 heterocycles. The highest BCUT2D eigenvalue weighted by atomic mass is 16.7. The van der Waals surface area contributed by atoms with Gasteiger partial charge in [-0.2, -0.15) is 5.06 Å². The fourth-order valence-corrected chi connectivity index (χ4v) is 1.94. The Bertz CT molecular complexity index is 837. The first-order chi connectivity index (χ1) is 12.8. The maximum Gasteiger partial charge on any atom is 0.363 e. The summed E-state index contributed by atoms with van der Waals surface area (Å²) in [6.45, 7) is 0. The maximum atomic E-state index is 12.0. The van der Waals surface area contributed by atoms with E-state index in [-0.39, 0.29) is 24.0 Å². The van der Waals surface area contributed by atoms with Crippen molar-refractivity contribution >= 4 is 24.1 Å². The molecule has 1 aromatic carbocycles. The Kier molecular flexibility index (Phi) is 6.15. The van der Waals surface area contributed by atoms with Crippen LogP contribution in [0.1, 0.15) is 33.6 Å². The molecule has 0 spiro atoms. The van der Waals surface area contributed by atoms with Crippen molar-refractivity contribution in [2.75, 3.05) is 7.05 Å². The zero-order chi connectivity index (χ0) is 20.0. The smallest absolute Gasteiger partial charge is 0.363 e. The number of carbonyl (C=O) groups excluding carboxylic acids is 4. The largest absolute Gasteiger partial charge is 0.492 e. The number of hydrogen-bond acceptors (Lipinski definition) is 8. The third kappa shape index (κ3) is 4.84. The molecule has 0 aliphatic carbocycles. The van der Waals surface area contributed by atoms with E-state index in [1.54, 1.807) is 0 Å². The van der Waals surface area contributed by atoms with Crippen molar-refractivity contribution in [1.82, 2.24) is 9.79 Å². The molecule has 10 nitrogen and oxygen atoms in total. The van der Waals surface area contributed by atoms with E-state index in [1.165, 1.54) is 31.3 Å². The van der Waals surface area contributed by atoms with Gasteiger partial charge in [-0.25, -0.2) is 9.59 Å². The van der Waals surface area contributed by atoms with Gasteiger partial charge in [-0.1, -0.05) is 0 Å². The summed E-state index contributed by atoms with van der Waals surface area (Å²) < 4.78 is 0.532. The van der Waals surface area contributed by atoms with E-state index in [0.29, 0.717) is 11.0 Å². The van der Waals surface area contributed by atoms with E-state index in [9.17, 15) is 29.4 Å². The minimum atomic E-state index is -0.891. The van der Waals surface area contributed by atoms with Crippen molar-refractivity contribution in [1.29, 1.82) is 0 Å². The molecular formula is C17H16N2O8. The Morgan fingerprint density at radius 2 is 1.52 bits per heavy atom. The van der Waals surface area contributed by atoms with Gasteiger partial charge in [0.1, 0.15) is 6.29 Å². The Balaban J connectivity index is 1.99. The average molecular weight is 376 g/mol. The minimum Gasteiger partial charge on any atom is -0.492 e. The molecule has 2 rings (SSSR count). The van der Waals surface area contributed by atoms with Gasteiger partial charge in [-0.05, 0) is 24.3 Å². The lowest BCUT2D eigenvalue weighted by molar-refractivity contribution is -0.161. The summed E-state index contributed by atoms with van der Waals surface area (Å²) in [4.78, 5) is 55.5. The van der Waals surface area contributed by atoms with Crippen LogP contribution in [0.15, 0.2) is 36.4 Å². The monoisotopic (exact) mass is 376 g/mol. The fourth-order valence-electron chi connectivity index (χ4n) is 1.94. The van der Waals surface area contributed by atoms with E-state index in [0.717, 1.165) is 17.2 Å². The van der Waals surface area contributed by atoms with Gasteiger partial charge in [-0.3, -0.25) is 4.79 Å². The third-order valence-electron chi connectivity index (χ3n) is 3.38. The summed E-state index contributed by atoms with van der Waals surface area (Å²) in [5.74, 6) is -3.20. The van der Waals surface area contributed by atoms with Crippen molar-refractivity contribution < 1.29 is 39.1 Å². The topological polar surface area (TPSA) is 135 Å². The molecule has 0 aliphatic heterocycles. The molecule has 27 heavy (non-hydrogen) atoms. The summed E-state index contributed by atoms with van der Waals surface area (Å²) in [6, 6.07) is 7.36. The highest BCUT2D eigenvalue weighted by Gasteiger charge is 2.18. The zero-order valence-electron chi connectivity index (χ0n) is 14.2. The molecule has 0 atom stereocenters. The second-order valence-electron chi connectivity index (χ2n) is 5.28. The van der Waals surface area contributed by atoms with E-state index < -0.39 is 29.6 Å². The summed E-state index contributed by atoms with van der Waals surface area (Å²) >= 11 is 0. The van der Waals surface area contributed by atoms with Gasteiger partial charge < -0.3 is 24.7 Å². The van der Waals surface area contributed by atoms with Crippen LogP contribution in [0.2, 0.25) is 0 Å². The highest BCUT2D eigenvalue weighted by molar-refractivity contribution is 5.94. The van der Waals surface area contributed by atoms with Crippen molar-refractivity contribution in [2.45, 2.75) is 12.8 Å². The van der Waals surface area contributed by atoms with Crippen LogP contribution in [0.5, 0.6) is 11.8 Å². The van der Waals surface area contributed by atoms with Crippen LogP contribution in [0, 0.1) is 0 Å². The van der Waals surface area contributed by atoms with Gasteiger partial charge in [0.05, 0.1) is 11.1 Å². The highest BCUT2D eigenvalue weighted by Crippen LogP contribution is 2.19. The Morgan fingerprint density at radius 3 is 2.04 bits per heavy atom. The van der Waals surface area contributed by atoms with Crippen LogP contribution < -0.4 is 4.84 Å². The molecule has 0 unspecified atom stereocenters. The summed E-state index contributed by atoms with van der Waals surface area (Å²) in [5, 5.41) is 19.6. The van der Waals surface area contributed by atoms with Crippen LogP contribution in [0.25, 0.3) is 0 Å². The van der Waals surface area contributed by atoms with Crippen LogP contribution in [-0.4, -0.2) is 51.2 Å². The minimum absolute atomic E-state index is 0.0179. The molecule has 2 aromatic rings. The quantitative estimate of drug-likeness (QED) is 0.555. The number of hydroxylamine groups is 2. The van der Waals surface area contributed by atoms with Crippen LogP contribution in [-0.2, 0) is 14.4 Å². The van der Waals surface area contributed by atoms with Gasteiger partial charge in [0, 0.05) is 32.0 Å². The Morgan fingerprint density at radius 1 is 1.00 bits per heavy atom. The molecule has 0 radical (unpaired) electrons. The first kappa shape index (κ1) is 19.5. The molecule has 10 heteroatoms. The van der Waals surface area contributed by atoms with Gasteiger partial charge in [0.25, 0.3) is 5.91 Å². The van der Waals surface area contributed by atoms with E-state index in [4.69, 9.17) is 9.68 Å². The summed E-state index contributed by atoms with van der Waals surface area (Å²) in [7, 11) is 1.24. The van der Waals surface area contributed by atoms with Crippen LogP contribution >= 0.6 is 0 Å². The second kappa shape index (κ2) is 8.52. The number of amides is 1. The lowest BCUT2D eigenvalue weighted by Gasteiger charge is -2.15. The zero-order valence-corrected chi connectivity index (χ0v) is 14.2. The van der Waals surface area contributed by atoms with Crippen molar-refractivity contribution in [2.24, 2.45) is 0 Å². The van der Waals surface area contributed by atoms with E-state index in [1.807, 2.05) is 0 Å². The molecule has 0 fully saturated rings. The van der Waals surface area contributed by atoms with Gasteiger partial charge in [-0.15, -0.1) is 4.73 Å². The maximum absolute atomic E-state index is 12.0. The molecule has 0 aliphatic rings. The first-order valence-electron chi connectivity index (χ1n) is 7.68. The molecule has 0 saturated carbocycles. The van der Waals surface area contributed by atoms with Crippen LogP contribution in [0.4, 0.5) is 0 Å². The summed E-state index contributed by atoms with van der Waals surface area (Å²) in [6.07, 6.45) is 0.514. The van der Waals surface area contributed by atoms with Crippen LogP contribution in [0.3, 0.4) is 0 Å². The Labute approximate surface area is 153 Å². The van der Waals surface area contributed by atoms with Crippen molar-refractivity contribution in [3.05, 3.63) is 47.5 Å². The number of carbonyl (C=O) groups is 4. The number of nitrogens with zero attached hydrogens (tertiary/aromatic N) is 2. The van der Waals surface area contributed by atoms with Crippen molar-refractivity contribution in [3.63, 3.8) is 0 Å². The number of aromatic hydroxyl groups is 2. The van der Waals surface area contributed by atoms with E-state index in [2.05, 4.69) is 0 Å². The SMILES string of the molecule is CN(OC(=O)c1ccc(C(=O)On2c(O)ccc2O)cc1)C(=O)CCC=O. The van der Waals surface area contributed by atoms with Gasteiger partial charge in [0.15, 0.2) is 0 Å². The molecule has 1 amide bonds. The molecule has 1 aromatic heterocycles. The predicted molar refractivity (Wildman–Crippen MR) is 88.6 cm³/mol. The molecular weight excluding hydrogens is 360 g/mol. The molecule has 0 saturated heterocycles. The first-order valence-corrected chi connectivity index (χ1v) is 7.68. The lowest BCUT2D eigenvalue weighted by Crippen LogP contribution is -2.29. The van der Waals surface area contributed by atoms with Gasteiger partial charge in [0.2, 0.25) is 11.8 Å². The predicted octanol–water partition coefficient (Wildman–Crippen LogP) is 0.678. The second-order valence-corrected chi connectivity index (χ2v) is 5.28. The number of aromatic nitrogens is 1. The van der Waals surface area contributed by atoms with Crippen molar-refractivity contribution in [3.8, 4) is 11.8 Å². The standard InChI is InChI=1S/C17H16N2O8/c1-18(13(21)3-2-10-20)26-16(24)11-4-6-12(7-5-11)17(25)27-19-14(22)8-9-15(19)23/h4-10,22-23H,2-3H2,1H3. The Hall–Kier alpha value is -3.82. The van der Waals surface area contributed by atoms with E-state index >= 15 is 0 Å². The number of rotatable bonds is 6. The fraction of sp³-hybridized carbons (Fsp3) is 0.176. The third-order valence-corrected chi connectivity index (χ3v) is 3.38. The molecule has 142 valence electrons.